The van der Waals surface area contributed by atoms with Gasteiger partial charge in [-0.1, -0.05) is 6.07 Å². The molecule has 12 heavy (non-hydrogen) atoms. The zero-order valence-corrected chi connectivity index (χ0v) is 7.50. The van der Waals surface area contributed by atoms with Gasteiger partial charge in [-0.15, -0.1) is 0 Å². The number of pyridine rings is 1. The Kier molecular flexibility index (Phi) is 1.65. The highest BCUT2D eigenvalue weighted by atomic mass is 16.5. The second kappa shape index (κ2) is 2.56. The van der Waals surface area contributed by atoms with E-state index in [1.165, 1.54) is 0 Å². The van der Waals surface area contributed by atoms with Crippen LogP contribution in [0.5, 0.6) is 0 Å². The van der Waals surface area contributed by atoms with E-state index in [1.807, 2.05) is 25.1 Å². The number of aryl methyl sites for hydroxylation is 1. The molecule has 1 aromatic rings. The highest BCUT2D eigenvalue weighted by molar-refractivity contribution is 5.22. The van der Waals surface area contributed by atoms with Crippen molar-refractivity contribution in [1.29, 1.82) is 0 Å². The van der Waals surface area contributed by atoms with E-state index < -0.39 is 0 Å². The Hall–Kier alpha value is -0.890. The molecule has 2 rings (SSSR count). The summed E-state index contributed by atoms with van der Waals surface area (Å²) in [7, 11) is 1.76. The van der Waals surface area contributed by atoms with Crippen LogP contribution in [0, 0.1) is 6.92 Å². The zero-order chi connectivity index (χ0) is 8.60. The normalized spacial score (nSPS) is 19.2. The minimum atomic E-state index is -0.0357. The average Bonchev–Trinajstić information content (AvgIpc) is 2.84. The molecule has 0 saturated heterocycles. The van der Waals surface area contributed by atoms with Crippen LogP contribution in [0.15, 0.2) is 18.2 Å². The maximum Gasteiger partial charge on any atom is 0.110 e. The first-order valence-corrected chi connectivity index (χ1v) is 4.26. The molecular formula is C10H13NO. The van der Waals surface area contributed by atoms with Crippen LogP contribution in [0.1, 0.15) is 24.2 Å². The van der Waals surface area contributed by atoms with Crippen molar-refractivity contribution >= 4 is 0 Å². The van der Waals surface area contributed by atoms with E-state index in [9.17, 15) is 0 Å². The highest BCUT2D eigenvalue weighted by Crippen LogP contribution is 2.47. The molecule has 1 aromatic heterocycles. The molecule has 1 aliphatic rings. The van der Waals surface area contributed by atoms with Crippen LogP contribution < -0.4 is 0 Å². The molecule has 0 amide bonds. The molecule has 2 heteroatoms. The molecule has 64 valence electrons. The van der Waals surface area contributed by atoms with E-state index in [1.54, 1.807) is 7.11 Å². The fourth-order valence-electron chi connectivity index (χ4n) is 1.48. The van der Waals surface area contributed by atoms with Crippen LogP contribution >= 0.6 is 0 Å². The van der Waals surface area contributed by atoms with Gasteiger partial charge in [0.2, 0.25) is 0 Å². The molecule has 0 bridgehead atoms. The summed E-state index contributed by atoms with van der Waals surface area (Å²) in [5.74, 6) is 0. The van der Waals surface area contributed by atoms with E-state index in [0.717, 1.165) is 24.2 Å². The predicted molar refractivity (Wildman–Crippen MR) is 46.9 cm³/mol. The highest BCUT2D eigenvalue weighted by Gasteiger charge is 2.46. The minimum absolute atomic E-state index is 0.0357. The third-order valence-electron chi connectivity index (χ3n) is 2.45. The molecular weight excluding hydrogens is 150 g/mol. The van der Waals surface area contributed by atoms with Crippen LogP contribution in [-0.4, -0.2) is 12.1 Å². The molecule has 1 fully saturated rings. The van der Waals surface area contributed by atoms with E-state index in [2.05, 4.69) is 4.98 Å². The first-order chi connectivity index (χ1) is 5.77. The van der Waals surface area contributed by atoms with Crippen molar-refractivity contribution in [3.8, 4) is 0 Å². The summed E-state index contributed by atoms with van der Waals surface area (Å²) in [5.41, 5.74) is 2.12. The lowest BCUT2D eigenvalue weighted by molar-refractivity contribution is 0.0750. The number of methoxy groups -OCH3 is 1. The van der Waals surface area contributed by atoms with E-state index >= 15 is 0 Å². The monoisotopic (exact) mass is 163 g/mol. The summed E-state index contributed by atoms with van der Waals surface area (Å²) < 4.78 is 5.43. The number of ether oxygens (including phenoxy) is 1. The van der Waals surface area contributed by atoms with Crippen molar-refractivity contribution in [3.63, 3.8) is 0 Å². The average molecular weight is 163 g/mol. The van der Waals surface area contributed by atoms with Crippen molar-refractivity contribution in [2.24, 2.45) is 0 Å². The minimum Gasteiger partial charge on any atom is -0.372 e. The van der Waals surface area contributed by atoms with Gasteiger partial charge in [-0.05, 0) is 31.9 Å². The van der Waals surface area contributed by atoms with Gasteiger partial charge in [0, 0.05) is 12.8 Å². The Balaban J connectivity index is 2.34. The number of hydrogen-bond acceptors (Lipinski definition) is 2. The van der Waals surface area contributed by atoms with E-state index in [4.69, 9.17) is 4.74 Å². The van der Waals surface area contributed by atoms with Crippen LogP contribution in [0.2, 0.25) is 0 Å². The van der Waals surface area contributed by atoms with Crippen molar-refractivity contribution < 1.29 is 4.74 Å². The van der Waals surface area contributed by atoms with Crippen LogP contribution in [-0.2, 0) is 10.3 Å². The maximum atomic E-state index is 5.43. The number of hydrogen-bond donors (Lipinski definition) is 0. The van der Waals surface area contributed by atoms with Crippen molar-refractivity contribution in [2.75, 3.05) is 7.11 Å². The van der Waals surface area contributed by atoms with E-state index in [-0.39, 0.29) is 5.60 Å². The first-order valence-electron chi connectivity index (χ1n) is 4.26. The quantitative estimate of drug-likeness (QED) is 0.665. The van der Waals surface area contributed by atoms with Gasteiger partial charge >= 0.3 is 0 Å². The summed E-state index contributed by atoms with van der Waals surface area (Å²) >= 11 is 0. The van der Waals surface area contributed by atoms with Gasteiger partial charge < -0.3 is 4.74 Å². The standard InChI is InChI=1S/C10H13NO/c1-8-4-3-5-9(11-8)10(12-2)6-7-10/h3-5H,6-7H2,1-2H3. The topological polar surface area (TPSA) is 22.1 Å². The van der Waals surface area contributed by atoms with Gasteiger partial charge in [0.05, 0.1) is 5.69 Å². The second-order valence-electron chi connectivity index (χ2n) is 3.36. The second-order valence-corrected chi connectivity index (χ2v) is 3.36. The Bertz CT molecular complexity index is 292. The van der Waals surface area contributed by atoms with Gasteiger partial charge in [-0.3, -0.25) is 4.98 Å². The molecule has 0 radical (unpaired) electrons. The summed E-state index contributed by atoms with van der Waals surface area (Å²) in [4.78, 5) is 4.45. The number of aromatic nitrogens is 1. The Morgan fingerprint density at radius 3 is 2.67 bits per heavy atom. The lowest BCUT2D eigenvalue weighted by Gasteiger charge is -2.12. The molecule has 1 aliphatic carbocycles. The molecule has 0 unspecified atom stereocenters. The van der Waals surface area contributed by atoms with Gasteiger partial charge in [0.1, 0.15) is 5.60 Å². The van der Waals surface area contributed by atoms with Crippen molar-refractivity contribution in [1.82, 2.24) is 4.98 Å². The molecule has 2 nitrogen and oxygen atoms in total. The Morgan fingerprint density at radius 1 is 1.42 bits per heavy atom. The Morgan fingerprint density at radius 2 is 2.17 bits per heavy atom. The first kappa shape index (κ1) is 7.74. The van der Waals surface area contributed by atoms with Crippen LogP contribution in [0.25, 0.3) is 0 Å². The molecule has 0 atom stereocenters. The van der Waals surface area contributed by atoms with Gasteiger partial charge in [-0.2, -0.15) is 0 Å². The van der Waals surface area contributed by atoms with Crippen molar-refractivity contribution in [2.45, 2.75) is 25.4 Å². The lowest BCUT2D eigenvalue weighted by Crippen LogP contribution is -2.11. The maximum absolute atomic E-state index is 5.43. The summed E-state index contributed by atoms with van der Waals surface area (Å²) in [6, 6.07) is 6.09. The molecule has 0 aliphatic heterocycles. The lowest BCUT2D eigenvalue weighted by atomic mass is 10.2. The fraction of sp³-hybridized carbons (Fsp3) is 0.500. The molecule has 1 heterocycles. The smallest absolute Gasteiger partial charge is 0.110 e. The third-order valence-corrected chi connectivity index (χ3v) is 2.45. The third kappa shape index (κ3) is 1.12. The van der Waals surface area contributed by atoms with Crippen LogP contribution in [0.3, 0.4) is 0 Å². The predicted octanol–water partition coefficient (Wildman–Crippen LogP) is 2.03. The fourth-order valence-corrected chi connectivity index (χ4v) is 1.48. The molecule has 0 N–H and O–H groups in total. The molecule has 0 spiro atoms. The van der Waals surface area contributed by atoms with Gasteiger partial charge in [0.15, 0.2) is 0 Å². The van der Waals surface area contributed by atoms with Gasteiger partial charge in [-0.25, -0.2) is 0 Å². The van der Waals surface area contributed by atoms with Gasteiger partial charge in [0.25, 0.3) is 0 Å². The van der Waals surface area contributed by atoms with Crippen LogP contribution in [0.4, 0.5) is 0 Å². The summed E-state index contributed by atoms with van der Waals surface area (Å²) in [6.45, 7) is 2.01. The molecule has 1 saturated carbocycles. The summed E-state index contributed by atoms with van der Waals surface area (Å²) in [6.07, 6.45) is 2.22. The number of rotatable bonds is 2. The largest absolute Gasteiger partial charge is 0.372 e. The SMILES string of the molecule is COC1(c2cccc(C)n2)CC1. The van der Waals surface area contributed by atoms with E-state index in [0.29, 0.717) is 0 Å². The number of nitrogens with zero attached hydrogens (tertiary/aromatic N) is 1. The Labute approximate surface area is 72.6 Å². The van der Waals surface area contributed by atoms with Crippen molar-refractivity contribution in [3.05, 3.63) is 29.6 Å². The zero-order valence-electron chi connectivity index (χ0n) is 7.50. The molecule has 0 aromatic carbocycles. The summed E-state index contributed by atoms with van der Waals surface area (Å²) in [5, 5.41) is 0.